The SMILES string of the molecule is COc1ccccc1N1CCCC(NC(=O)CCc2ncc(-c3ccc(Cl)cc3)o2)C1. The minimum Gasteiger partial charge on any atom is -0.495 e. The van der Waals surface area contributed by atoms with Crippen molar-refractivity contribution in [2.75, 3.05) is 25.1 Å². The van der Waals surface area contributed by atoms with Gasteiger partial charge in [0.15, 0.2) is 11.7 Å². The fourth-order valence-electron chi connectivity index (χ4n) is 3.90. The predicted molar refractivity (Wildman–Crippen MR) is 122 cm³/mol. The number of rotatable bonds is 7. The molecule has 2 heterocycles. The van der Waals surface area contributed by atoms with Crippen LogP contribution in [0.5, 0.6) is 5.75 Å². The number of aromatic nitrogens is 1. The average Bonchev–Trinajstić information content (AvgIpc) is 3.27. The van der Waals surface area contributed by atoms with E-state index in [0.717, 1.165) is 42.9 Å². The zero-order chi connectivity index (χ0) is 21.6. The van der Waals surface area contributed by atoms with Gasteiger partial charge in [-0.25, -0.2) is 4.98 Å². The van der Waals surface area contributed by atoms with Gasteiger partial charge in [0.25, 0.3) is 0 Å². The lowest BCUT2D eigenvalue weighted by Crippen LogP contribution is -2.48. The molecule has 1 saturated heterocycles. The first-order chi connectivity index (χ1) is 15.1. The van der Waals surface area contributed by atoms with E-state index in [2.05, 4.69) is 21.3 Å². The molecule has 162 valence electrons. The number of carbonyl (C=O) groups is 1. The van der Waals surface area contributed by atoms with Crippen molar-refractivity contribution in [2.24, 2.45) is 0 Å². The van der Waals surface area contributed by atoms with E-state index in [1.807, 2.05) is 42.5 Å². The Hall–Kier alpha value is -2.99. The van der Waals surface area contributed by atoms with Gasteiger partial charge < -0.3 is 19.4 Å². The fourth-order valence-corrected chi connectivity index (χ4v) is 4.02. The molecule has 1 aromatic heterocycles. The van der Waals surface area contributed by atoms with Crippen LogP contribution in [-0.2, 0) is 11.2 Å². The van der Waals surface area contributed by atoms with Crippen LogP contribution in [0, 0.1) is 0 Å². The Balaban J connectivity index is 1.29. The number of anilines is 1. The predicted octanol–water partition coefficient (Wildman–Crippen LogP) is 4.72. The van der Waals surface area contributed by atoms with Crippen LogP contribution in [-0.4, -0.2) is 37.1 Å². The topological polar surface area (TPSA) is 67.6 Å². The maximum atomic E-state index is 12.5. The molecule has 1 aliphatic heterocycles. The number of nitrogens with zero attached hydrogens (tertiary/aromatic N) is 2. The highest BCUT2D eigenvalue weighted by molar-refractivity contribution is 6.30. The standard InChI is InChI=1S/C24H26ClN3O3/c1-30-21-7-3-2-6-20(21)28-14-4-5-19(16-28)27-23(29)12-13-24-26-15-22(31-24)17-8-10-18(25)11-9-17/h2-3,6-11,15,19H,4-5,12-14,16H2,1H3,(H,27,29). The van der Waals surface area contributed by atoms with Gasteiger partial charge in [0.2, 0.25) is 5.91 Å². The Labute approximate surface area is 187 Å². The zero-order valence-corrected chi connectivity index (χ0v) is 18.3. The highest BCUT2D eigenvalue weighted by Crippen LogP contribution is 2.30. The maximum Gasteiger partial charge on any atom is 0.220 e. The van der Waals surface area contributed by atoms with Crippen LogP contribution in [0.4, 0.5) is 5.69 Å². The summed E-state index contributed by atoms with van der Waals surface area (Å²) in [6.07, 6.45) is 4.47. The lowest BCUT2D eigenvalue weighted by Gasteiger charge is -2.35. The fraction of sp³-hybridized carbons (Fsp3) is 0.333. The van der Waals surface area contributed by atoms with Crippen molar-refractivity contribution in [1.82, 2.24) is 10.3 Å². The Morgan fingerprint density at radius 1 is 1.26 bits per heavy atom. The van der Waals surface area contributed by atoms with Crippen LogP contribution in [0.3, 0.4) is 0 Å². The van der Waals surface area contributed by atoms with E-state index in [9.17, 15) is 4.79 Å². The molecule has 2 aromatic carbocycles. The van der Waals surface area contributed by atoms with Crippen molar-refractivity contribution < 1.29 is 13.9 Å². The monoisotopic (exact) mass is 439 g/mol. The largest absolute Gasteiger partial charge is 0.495 e. The molecule has 31 heavy (non-hydrogen) atoms. The van der Waals surface area contributed by atoms with E-state index in [1.165, 1.54) is 0 Å². The van der Waals surface area contributed by atoms with Crippen LogP contribution in [0.15, 0.2) is 59.1 Å². The van der Waals surface area contributed by atoms with Crippen LogP contribution >= 0.6 is 11.6 Å². The van der Waals surface area contributed by atoms with Crippen molar-refractivity contribution >= 4 is 23.2 Å². The molecular formula is C24H26ClN3O3. The first-order valence-corrected chi connectivity index (χ1v) is 10.9. The third kappa shape index (κ3) is 5.39. The summed E-state index contributed by atoms with van der Waals surface area (Å²) in [4.78, 5) is 19.1. The summed E-state index contributed by atoms with van der Waals surface area (Å²) in [6, 6.07) is 15.5. The van der Waals surface area contributed by atoms with Gasteiger partial charge in [-0.2, -0.15) is 0 Å². The first-order valence-electron chi connectivity index (χ1n) is 10.5. The molecule has 1 atom stereocenters. The van der Waals surface area contributed by atoms with Crippen molar-refractivity contribution in [3.63, 3.8) is 0 Å². The molecule has 0 saturated carbocycles. The van der Waals surface area contributed by atoms with E-state index >= 15 is 0 Å². The van der Waals surface area contributed by atoms with Crippen LogP contribution in [0.25, 0.3) is 11.3 Å². The highest BCUT2D eigenvalue weighted by Gasteiger charge is 2.23. The summed E-state index contributed by atoms with van der Waals surface area (Å²) in [5, 5.41) is 3.84. The molecule has 0 radical (unpaired) electrons. The third-order valence-electron chi connectivity index (χ3n) is 5.46. The minimum atomic E-state index is 0.0121. The second-order valence-electron chi connectivity index (χ2n) is 7.65. The number of oxazole rings is 1. The number of para-hydroxylation sites is 2. The number of carbonyl (C=O) groups excluding carboxylic acids is 1. The van der Waals surface area contributed by atoms with E-state index in [-0.39, 0.29) is 11.9 Å². The number of hydrogen-bond acceptors (Lipinski definition) is 5. The summed E-state index contributed by atoms with van der Waals surface area (Å²) in [7, 11) is 1.68. The molecule has 0 bridgehead atoms. The Kier molecular flexibility index (Phi) is 6.77. The summed E-state index contributed by atoms with van der Waals surface area (Å²) >= 11 is 5.93. The molecule has 4 rings (SSSR count). The number of hydrogen-bond donors (Lipinski definition) is 1. The normalized spacial score (nSPS) is 16.2. The summed E-state index contributed by atoms with van der Waals surface area (Å²) in [5.74, 6) is 2.10. The van der Waals surface area contributed by atoms with Gasteiger partial charge in [-0.1, -0.05) is 23.7 Å². The zero-order valence-electron chi connectivity index (χ0n) is 17.5. The van der Waals surface area contributed by atoms with Crippen molar-refractivity contribution in [2.45, 2.75) is 31.7 Å². The maximum absolute atomic E-state index is 12.5. The van der Waals surface area contributed by atoms with Gasteiger partial charge in [0.1, 0.15) is 5.75 Å². The smallest absolute Gasteiger partial charge is 0.220 e. The number of ether oxygens (including phenoxy) is 1. The summed E-state index contributed by atoms with van der Waals surface area (Å²) < 4.78 is 11.3. The van der Waals surface area contributed by atoms with Gasteiger partial charge >= 0.3 is 0 Å². The van der Waals surface area contributed by atoms with E-state index in [0.29, 0.717) is 29.5 Å². The van der Waals surface area contributed by atoms with E-state index < -0.39 is 0 Å². The first kappa shape index (κ1) is 21.2. The van der Waals surface area contributed by atoms with Gasteiger partial charge in [0, 0.05) is 42.6 Å². The second-order valence-corrected chi connectivity index (χ2v) is 8.09. The van der Waals surface area contributed by atoms with Crippen LogP contribution in [0.2, 0.25) is 5.02 Å². The molecule has 0 spiro atoms. The molecule has 1 N–H and O–H groups in total. The molecule has 1 unspecified atom stereocenters. The molecule has 7 heteroatoms. The number of methoxy groups -OCH3 is 1. The summed E-state index contributed by atoms with van der Waals surface area (Å²) in [6.45, 7) is 1.72. The number of aryl methyl sites for hydroxylation is 1. The third-order valence-corrected chi connectivity index (χ3v) is 5.71. The highest BCUT2D eigenvalue weighted by atomic mass is 35.5. The van der Waals surface area contributed by atoms with Crippen molar-refractivity contribution in [3.05, 3.63) is 65.6 Å². The number of nitrogens with one attached hydrogen (secondary N) is 1. The minimum absolute atomic E-state index is 0.0121. The molecule has 1 amide bonds. The van der Waals surface area contributed by atoms with Crippen molar-refractivity contribution in [1.29, 1.82) is 0 Å². The van der Waals surface area contributed by atoms with Gasteiger partial charge in [0.05, 0.1) is 19.0 Å². The van der Waals surface area contributed by atoms with Gasteiger partial charge in [-0.15, -0.1) is 0 Å². The molecule has 3 aromatic rings. The Morgan fingerprint density at radius 3 is 2.87 bits per heavy atom. The summed E-state index contributed by atoms with van der Waals surface area (Å²) in [5.41, 5.74) is 1.98. The van der Waals surface area contributed by atoms with Crippen LogP contribution < -0.4 is 15.0 Å². The van der Waals surface area contributed by atoms with Gasteiger partial charge in [-0.05, 0) is 49.2 Å². The number of amides is 1. The second kappa shape index (κ2) is 9.88. The molecule has 1 aliphatic rings. The average molecular weight is 440 g/mol. The molecule has 1 fully saturated rings. The molecule has 6 nitrogen and oxygen atoms in total. The molecular weight excluding hydrogens is 414 g/mol. The lowest BCUT2D eigenvalue weighted by atomic mass is 10.0. The lowest BCUT2D eigenvalue weighted by molar-refractivity contribution is -0.121. The van der Waals surface area contributed by atoms with E-state index in [4.69, 9.17) is 20.8 Å². The van der Waals surface area contributed by atoms with Crippen molar-refractivity contribution in [3.8, 4) is 17.1 Å². The number of benzene rings is 2. The Morgan fingerprint density at radius 2 is 2.06 bits per heavy atom. The number of piperidine rings is 1. The van der Waals surface area contributed by atoms with E-state index in [1.54, 1.807) is 13.3 Å². The quantitative estimate of drug-likeness (QED) is 0.576. The van der Waals surface area contributed by atoms with Crippen LogP contribution in [0.1, 0.15) is 25.2 Å². The Bertz CT molecular complexity index is 1020. The van der Waals surface area contributed by atoms with Gasteiger partial charge in [-0.3, -0.25) is 4.79 Å². The molecule has 0 aliphatic carbocycles. The number of halogens is 1.